The molecule has 2 heterocycles. The van der Waals surface area contributed by atoms with Crippen molar-refractivity contribution in [1.29, 1.82) is 0 Å². The number of halogens is 2. The molecule has 0 fully saturated rings. The van der Waals surface area contributed by atoms with Crippen molar-refractivity contribution in [2.75, 3.05) is 0 Å². The number of ether oxygens (including phenoxy) is 2. The van der Waals surface area contributed by atoms with Crippen LogP contribution in [0.2, 0.25) is 0 Å². The number of carbonyl (C=O) groups excluding carboxylic acids is 2. The predicted molar refractivity (Wildman–Crippen MR) is 117 cm³/mol. The second-order valence-corrected chi connectivity index (χ2v) is 9.32. The van der Waals surface area contributed by atoms with E-state index in [9.17, 15) is 18.4 Å². The van der Waals surface area contributed by atoms with Crippen LogP contribution in [0, 0.1) is 13.8 Å². The summed E-state index contributed by atoms with van der Waals surface area (Å²) >= 11 is 2.53. The van der Waals surface area contributed by atoms with Crippen LogP contribution in [-0.4, -0.2) is 44.5 Å². The smallest absolute Gasteiger partial charge is 0.387 e. The van der Waals surface area contributed by atoms with Gasteiger partial charge in [0, 0.05) is 22.6 Å². The third kappa shape index (κ3) is 5.52. The number of benzene rings is 1. The molecule has 0 aliphatic carbocycles. The van der Waals surface area contributed by atoms with Gasteiger partial charge in [-0.2, -0.15) is 8.78 Å². The topological polar surface area (TPSA) is 83.3 Å². The number of aryl methyl sites for hydroxylation is 1. The molecule has 0 unspecified atom stereocenters. The Bertz CT molecular complexity index is 1090. The highest BCUT2D eigenvalue weighted by molar-refractivity contribution is 8.02. The maximum absolute atomic E-state index is 13.0. The van der Waals surface area contributed by atoms with E-state index in [-0.39, 0.29) is 11.5 Å². The van der Waals surface area contributed by atoms with Crippen LogP contribution in [0.25, 0.3) is 5.69 Å². The van der Waals surface area contributed by atoms with E-state index < -0.39 is 23.9 Å². The van der Waals surface area contributed by atoms with E-state index in [2.05, 4.69) is 14.9 Å². The second kappa shape index (κ2) is 10.2. The zero-order valence-corrected chi connectivity index (χ0v) is 19.4. The van der Waals surface area contributed by atoms with Crippen molar-refractivity contribution < 1.29 is 27.8 Å². The molecule has 3 aromatic rings. The number of aromatic nitrogens is 3. The Labute approximate surface area is 191 Å². The minimum absolute atomic E-state index is 0.0450. The van der Waals surface area contributed by atoms with Gasteiger partial charge in [-0.3, -0.25) is 9.59 Å². The summed E-state index contributed by atoms with van der Waals surface area (Å²) in [7, 11) is 0. The van der Waals surface area contributed by atoms with Crippen LogP contribution in [0.4, 0.5) is 8.78 Å². The Morgan fingerprint density at radius 3 is 2.44 bits per heavy atom. The van der Waals surface area contributed by atoms with Gasteiger partial charge in [-0.25, -0.2) is 0 Å². The highest BCUT2D eigenvalue weighted by Gasteiger charge is 2.27. The molecule has 2 aromatic heterocycles. The maximum Gasteiger partial charge on any atom is 0.387 e. The van der Waals surface area contributed by atoms with Gasteiger partial charge in [0.1, 0.15) is 16.5 Å². The van der Waals surface area contributed by atoms with Gasteiger partial charge in [-0.15, -0.1) is 10.2 Å². The van der Waals surface area contributed by atoms with Crippen molar-refractivity contribution in [3.05, 3.63) is 52.8 Å². The predicted octanol–water partition coefficient (Wildman–Crippen LogP) is 4.84. The highest BCUT2D eigenvalue weighted by atomic mass is 32.2. The minimum Gasteiger partial charge on any atom is -0.453 e. The van der Waals surface area contributed by atoms with E-state index in [0.717, 1.165) is 5.69 Å². The first-order valence-corrected chi connectivity index (χ1v) is 11.3. The van der Waals surface area contributed by atoms with Crippen molar-refractivity contribution in [2.24, 2.45) is 0 Å². The average molecular weight is 482 g/mol. The van der Waals surface area contributed by atoms with Gasteiger partial charge in [0.15, 0.2) is 10.4 Å². The number of hydrogen-bond acceptors (Lipinski definition) is 8. The molecular weight excluding hydrogens is 460 g/mol. The summed E-state index contributed by atoms with van der Waals surface area (Å²) in [5.41, 5.74) is 4.09. The second-order valence-electron chi connectivity index (χ2n) is 6.90. The number of thioether (sulfide) groups is 1. The monoisotopic (exact) mass is 481 g/mol. The number of nitrogens with zero attached hydrogens (tertiary/aromatic N) is 3. The number of rotatable bonds is 9. The number of ketones is 1. The Kier molecular flexibility index (Phi) is 7.62. The molecule has 32 heavy (non-hydrogen) atoms. The van der Waals surface area contributed by atoms with Gasteiger partial charge < -0.3 is 14.0 Å². The lowest BCUT2D eigenvalue weighted by atomic mass is 10.1. The third-order valence-corrected chi connectivity index (χ3v) is 6.52. The first-order chi connectivity index (χ1) is 15.2. The van der Waals surface area contributed by atoms with Crippen LogP contribution < -0.4 is 4.74 Å². The molecule has 170 valence electrons. The van der Waals surface area contributed by atoms with Gasteiger partial charge in [0.25, 0.3) is 0 Å². The summed E-state index contributed by atoms with van der Waals surface area (Å²) in [4.78, 5) is 25.4. The fourth-order valence-electron chi connectivity index (χ4n) is 3.14. The number of alkyl halides is 2. The molecule has 7 nitrogen and oxygen atoms in total. The third-order valence-electron chi connectivity index (χ3n) is 4.63. The summed E-state index contributed by atoms with van der Waals surface area (Å²) < 4.78 is 37.0. The molecule has 1 aromatic carbocycles. The van der Waals surface area contributed by atoms with Crippen molar-refractivity contribution in [1.82, 2.24) is 14.8 Å². The first-order valence-electron chi connectivity index (χ1n) is 9.59. The van der Waals surface area contributed by atoms with E-state index in [4.69, 9.17) is 4.74 Å². The fourth-order valence-corrected chi connectivity index (χ4v) is 4.75. The largest absolute Gasteiger partial charge is 0.453 e. The summed E-state index contributed by atoms with van der Waals surface area (Å²) in [6.07, 6.45) is -0.976. The molecule has 0 saturated carbocycles. The van der Waals surface area contributed by atoms with Gasteiger partial charge in [0.2, 0.25) is 5.78 Å². The number of esters is 1. The molecule has 0 bridgehead atoms. The van der Waals surface area contributed by atoms with Crippen LogP contribution >= 0.6 is 23.1 Å². The molecule has 11 heteroatoms. The van der Waals surface area contributed by atoms with Gasteiger partial charge >= 0.3 is 12.6 Å². The first kappa shape index (κ1) is 23.9. The van der Waals surface area contributed by atoms with E-state index in [1.54, 1.807) is 37.6 Å². The Balaban J connectivity index is 1.72. The number of carbonyl (C=O) groups is 2. The lowest BCUT2D eigenvalue weighted by Crippen LogP contribution is -2.28. The zero-order chi connectivity index (χ0) is 23.4. The Morgan fingerprint density at radius 1 is 1.16 bits per heavy atom. The summed E-state index contributed by atoms with van der Waals surface area (Å²) in [6, 6.07) is 7.83. The molecule has 0 spiro atoms. The molecule has 0 radical (unpaired) electrons. The SMILES string of the molecule is Cc1cc(C(=O)[C@@H](C)OC(=O)[C@@H](C)Sc2nncs2)c(C)n1-c1ccc(OC(F)F)cc1. The van der Waals surface area contributed by atoms with Crippen LogP contribution in [-0.2, 0) is 9.53 Å². The summed E-state index contributed by atoms with van der Waals surface area (Å²) in [6.45, 7) is 3.91. The Morgan fingerprint density at radius 2 is 1.84 bits per heavy atom. The summed E-state index contributed by atoms with van der Waals surface area (Å²) in [5.74, 6) is -0.804. The van der Waals surface area contributed by atoms with E-state index in [0.29, 0.717) is 21.3 Å². The molecule has 0 amide bonds. The lowest BCUT2D eigenvalue weighted by Gasteiger charge is -2.15. The molecule has 0 N–H and O–H groups in total. The van der Waals surface area contributed by atoms with Crippen molar-refractivity contribution in [3.63, 3.8) is 0 Å². The fraction of sp³-hybridized carbons (Fsp3) is 0.333. The number of hydrogen-bond donors (Lipinski definition) is 0. The van der Waals surface area contributed by atoms with Crippen molar-refractivity contribution >= 4 is 34.9 Å². The number of Topliss-reactive ketones (excluding diaryl/α,β-unsaturated/α-hetero) is 1. The van der Waals surface area contributed by atoms with Gasteiger partial charge in [-0.05, 0) is 58.0 Å². The van der Waals surface area contributed by atoms with Gasteiger partial charge in [-0.1, -0.05) is 23.1 Å². The van der Waals surface area contributed by atoms with E-state index in [1.165, 1.54) is 42.2 Å². The standard InChI is InChI=1S/C21H21F2N3O4S2/c1-11-9-17(12(2)26(11)15-5-7-16(8-6-15)30-20(22)23)18(27)13(3)29-19(28)14(4)32-21-25-24-10-31-21/h5-10,13-14,20H,1-4H3/t13-,14-/m1/s1. The lowest BCUT2D eigenvalue weighted by molar-refractivity contribution is -0.145. The highest BCUT2D eigenvalue weighted by Crippen LogP contribution is 2.27. The molecule has 0 saturated heterocycles. The van der Waals surface area contributed by atoms with Crippen LogP contribution in [0.5, 0.6) is 5.75 Å². The molecule has 0 aliphatic heterocycles. The van der Waals surface area contributed by atoms with Crippen LogP contribution in [0.1, 0.15) is 35.6 Å². The normalized spacial score (nSPS) is 13.1. The van der Waals surface area contributed by atoms with Crippen molar-refractivity contribution in [3.8, 4) is 11.4 Å². The average Bonchev–Trinajstić information content (AvgIpc) is 3.35. The van der Waals surface area contributed by atoms with Crippen molar-refractivity contribution in [2.45, 2.75) is 50.0 Å². The molecule has 0 aliphatic rings. The van der Waals surface area contributed by atoms with Gasteiger partial charge in [0.05, 0.1) is 0 Å². The zero-order valence-electron chi connectivity index (χ0n) is 17.7. The molecule has 3 rings (SSSR count). The van der Waals surface area contributed by atoms with E-state index in [1.807, 2.05) is 11.5 Å². The van der Waals surface area contributed by atoms with Crippen LogP contribution in [0.3, 0.4) is 0 Å². The maximum atomic E-state index is 13.0. The minimum atomic E-state index is -2.90. The quantitative estimate of drug-likeness (QED) is 0.246. The Hall–Kier alpha value is -2.79. The molecule has 2 atom stereocenters. The van der Waals surface area contributed by atoms with Crippen LogP contribution in [0.15, 0.2) is 40.2 Å². The summed E-state index contributed by atoms with van der Waals surface area (Å²) in [5, 5.41) is 7.06. The van der Waals surface area contributed by atoms with E-state index >= 15 is 0 Å². The molecular formula is C21H21F2N3O4S2.